The van der Waals surface area contributed by atoms with Crippen LogP contribution >= 0.6 is 0 Å². The first-order chi connectivity index (χ1) is 10.2. The highest BCUT2D eigenvalue weighted by atomic mass is 19.1. The van der Waals surface area contributed by atoms with Crippen molar-refractivity contribution in [2.45, 2.75) is 13.5 Å². The van der Waals surface area contributed by atoms with Gasteiger partial charge < -0.3 is 10.3 Å². The molecule has 3 aromatic rings. The van der Waals surface area contributed by atoms with Crippen LogP contribution in [0.3, 0.4) is 0 Å². The number of aryl methyl sites for hydroxylation is 1. The van der Waals surface area contributed by atoms with Crippen molar-refractivity contribution in [1.29, 1.82) is 0 Å². The molecular weight excluding hydrogens is 269 g/mol. The molecule has 0 saturated carbocycles. The van der Waals surface area contributed by atoms with Crippen molar-refractivity contribution in [3.8, 4) is 0 Å². The number of aliphatic imine (C=N–C) groups is 1. The van der Waals surface area contributed by atoms with E-state index >= 15 is 0 Å². The van der Waals surface area contributed by atoms with Crippen molar-refractivity contribution in [2.75, 3.05) is 5.32 Å². The molecule has 0 aliphatic carbocycles. The van der Waals surface area contributed by atoms with Crippen LogP contribution in [0.15, 0.2) is 29.6 Å². The number of hydrogen-bond donors (Lipinski definition) is 2. The summed E-state index contributed by atoms with van der Waals surface area (Å²) in [6.07, 6.45) is 4.55. The Morgan fingerprint density at radius 2 is 2.19 bits per heavy atom. The number of benzene rings is 1. The monoisotopic (exact) mass is 281 g/mol. The number of nitrogens with one attached hydrogen (secondary N) is 2. The van der Waals surface area contributed by atoms with Crippen LogP contribution in [0, 0.1) is 12.7 Å². The number of aromatic amines is 1. The second-order valence-corrected chi connectivity index (χ2v) is 5.04. The predicted octanol–water partition coefficient (Wildman–Crippen LogP) is 3.08. The van der Waals surface area contributed by atoms with Gasteiger partial charge in [0, 0.05) is 18.1 Å². The lowest BCUT2D eigenvalue weighted by Gasteiger charge is -2.11. The minimum absolute atomic E-state index is 0.367. The molecule has 21 heavy (non-hydrogen) atoms. The standard InChI is InChI=1S/C15H12FN5/c1-8-2-9-4-17-5-10(9)3-12(8)21-15-13-11(16)6-18-14(13)19-7-20-15/h2-3,5-7H,4H2,1H3,(H2,18,19,20,21). The van der Waals surface area contributed by atoms with E-state index in [2.05, 4.69) is 31.3 Å². The van der Waals surface area contributed by atoms with E-state index in [4.69, 9.17) is 0 Å². The smallest absolute Gasteiger partial charge is 0.153 e. The van der Waals surface area contributed by atoms with E-state index < -0.39 is 0 Å². The number of rotatable bonds is 2. The molecule has 0 saturated heterocycles. The fraction of sp³-hybridized carbons (Fsp3) is 0.133. The predicted molar refractivity (Wildman–Crippen MR) is 79.6 cm³/mol. The number of halogens is 1. The van der Waals surface area contributed by atoms with Crippen LogP contribution in [0.5, 0.6) is 0 Å². The molecule has 0 unspecified atom stereocenters. The number of hydrogen-bond acceptors (Lipinski definition) is 4. The van der Waals surface area contributed by atoms with Crippen LogP contribution in [-0.4, -0.2) is 21.2 Å². The van der Waals surface area contributed by atoms with Gasteiger partial charge in [-0.15, -0.1) is 0 Å². The summed E-state index contributed by atoms with van der Waals surface area (Å²) in [5.41, 5.74) is 4.73. The van der Waals surface area contributed by atoms with Crippen LogP contribution in [0.1, 0.15) is 16.7 Å². The van der Waals surface area contributed by atoms with Gasteiger partial charge in [-0.2, -0.15) is 0 Å². The van der Waals surface area contributed by atoms with Gasteiger partial charge in [-0.05, 0) is 29.7 Å². The molecule has 0 amide bonds. The fourth-order valence-electron chi connectivity index (χ4n) is 2.57. The molecule has 3 heterocycles. The third-order valence-corrected chi connectivity index (χ3v) is 3.65. The summed E-state index contributed by atoms with van der Waals surface area (Å²) in [5.74, 6) is 0.0882. The summed E-state index contributed by atoms with van der Waals surface area (Å²) in [7, 11) is 0. The van der Waals surface area contributed by atoms with E-state index in [0.717, 1.165) is 23.4 Å². The molecule has 1 aliphatic heterocycles. The summed E-state index contributed by atoms with van der Waals surface area (Å²) >= 11 is 0. The Morgan fingerprint density at radius 1 is 1.29 bits per heavy atom. The van der Waals surface area contributed by atoms with E-state index in [-0.39, 0.29) is 5.82 Å². The topological polar surface area (TPSA) is 66.0 Å². The fourth-order valence-corrected chi connectivity index (χ4v) is 2.57. The molecule has 0 spiro atoms. The van der Waals surface area contributed by atoms with Crippen LogP contribution in [0.25, 0.3) is 11.0 Å². The van der Waals surface area contributed by atoms with Gasteiger partial charge in [-0.25, -0.2) is 14.4 Å². The third-order valence-electron chi connectivity index (χ3n) is 3.65. The van der Waals surface area contributed by atoms with Crippen LogP contribution in [0.2, 0.25) is 0 Å². The van der Waals surface area contributed by atoms with Gasteiger partial charge in [0.2, 0.25) is 0 Å². The Balaban J connectivity index is 1.82. The van der Waals surface area contributed by atoms with Gasteiger partial charge in [0.05, 0.1) is 11.9 Å². The van der Waals surface area contributed by atoms with Crippen molar-refractivity contribution in [3.63, 3.8) is 0 Å². The third kappa shape index (κ3) is 1.87. The summed E-state index contributed by atoms with van der Waals surface area (Å²) in [5, 5.41) is 3.57. The zero-order valence-electron chi connectivity index (χ0n) is 11.3. The highest BCUT2D eigenvalue weighted by Gasteiger charge is 2.14. The molecule has 104 valence electrons. The molecule has 0 bridgehead atoms. The first-order valence-corrected chi connectivity index (χ1v) is 6.60. The molecule has 4 rings (SSSR count). The Bertz CT molecular complexity index is 881. The summed E-state index contributed by atoms with van der Waals surface area (Å²) < 4.78 is 13.9. The minimum Gasteiger partial charge on any atom is -0.343 e. The van der Waals surface area contributed by atoms with Gasteiger partial charge in [0.1, 0.15) is 17.8 Å². The lowest BCUT2D eigenvalue weighted by Crippen LogP contribution is -1.99. The molecule has 0 fully saturated rings. The Kier molecular flexibility index (Phi) is 2.50. The summed E-state index contributed by atoms with van der Waals surface area (Å²) in [6, 6.07) is 4.11. The first-order valence-electron chi connectivity index (χ1n) is 6.60. The molecule has 5 nitrogen and oxygen atoms in total. The van der Waals surface area contributed by atoms with Crippen LogP contribution < -0.4 is 5.32 Å². The van der Waals surface area contributed by atoms with Crippen LogP contribution in [0.4, 0.5) is 15.9 Å². The maximum Gasteiger partial charge on any atom is 0.153 e. The lowest BCUT2D eigenvalue weighted by molar-refractivity contribution is 0.639. The van der Waals surface area contributed by atoms with Gasteiger partial charge in [-0.3, -0.25) is 4.99 Å². The van der Waals surface area contributed by atoms with Gasteiger partial charge in [0.15, 0.2) is 5.82 Å². The Hall–Kier alpha value is -2.76. The molecule has 2 N–H and O–H groups in total. The molecule has 6 heteroatoms. The molecule has 0 radical (unpaired) electrons. The van der Waals surface area contributed by atoms with Gasteiger partial charge >= 0.3 is 0 Å². The maximum atomic E-state index is 13.9. The highest BCUT2D eigenvalue weighted by molar-refractivity contribution is 5.91. The lowest BCUT2D eigenvalue weighted by atomic mass is 10.0. The largest absolute Gasteiger partial charge is 0.343 e. The van der Waals surface area contributed by atoms with E-state index in [9.17, 15) is 4.39 Å². The van der Waals surface area contributed by atoms with E-state index in [0.29, 0.717) is 16.9 Å². The van der Waals surface area contributed by atoms with E-state index in [1.54, 1.807) is 0 Å². The summed E-state index contributed by atoms with van der Waals surface area (Å²) in [6.45, 7) is 2.73. The van der Waals surface area contributed by atoms with E-state index in [1.165, 1.54) is 18.1 Å². The minimum atomic E-state index is -0.367. The number of H-pyrrole nitrogens is 1. The second kappa shape index (κ2) is 4.37. The van der Waals surface area contributed by atoms with Crippen molar-refractivity contribution in [2.24, 2.45) is 4.99 Å². The Labute approximate surface area is 120 Å². The van der Waals surface area contributed by atoms with Crippen molar-refractivity contribution in [1.82, 2.24) is 15.0 Å². The molecule has 2 aromatic heterocycles. The highest BCUT2D eigenvalue weighted by Crippen LogP contribution is 2.29. The van der Waals surface area contributed by atoms with Crippen molar-refractivity contribution >= 4 is 28.8 Å². The zero-order valence-corrected chi connectivity index (χ0v) is 11.3. The quantitative estimate of drug-likeness (QED) is 0.758. The number of aromatic nitrogens is 3. The molecular formula is C15H12FN5. The number of nitrogens with zero attached hydrogens (tertiary/aromatic N) is 3. The van der Waals surface area contributed by atoms with Gasteiger partial charge in [0.25, 0.3) is 0 Å². The maximum absolute atomic E-state index is 13.9. The normalized spacial score (nSPS) is 12.9. The van der Waals surface area contributed by atoms with Crippen molar-refractivity contribution in [3.05, 3.63) is 47.2 Å². The molecule has 0 atom stereocenters. The SMILES string of the molecule is Cc1cc2c(cc1Nc1ncnc3[nH]cc(F)c13)C=NC2. The number of fused-ring (bicyclic) bond motifs is 2. The summed E-state index contributed by atoms with van der Waals surface area (Å²) in [4.78, 5) is 15.2. The Morgan fingerprint density at radius 3 is 3.10 bits per heavy atom. The average Bonchev–Trinajstić information content (AvgIpc) is 3.07. The van der Waals surface area contributed by atoms with E-state index in [1.807, 2.05) is 19.2 Å². The zero-order chi connectivity index (χ0) is 14.4. The molecule has 1 aromatic carbocycles. The second-order valence-electron chi connectivity index (χ2n) is 5.04. The average molecular weight is 281 g/mol. The van der Waals surface area contributed by atoms with Crippen molar-refractivity contribution < 1.29 is 4.39 Å². The number of anilines is 2. The van der Waals surface area contributed by atoms with Gasteiger partial charge in [-0.1, -0.05) is 6.07 Å². The molecule has 1 aliphatic rings. The van der Waals surface area contributed by atoms with Crippen LogP contribution in [-0.2, 0) is 6.54 Å². The first kappa shape index (κ1) is 12.0.